The van der Waals surface area contributed by atoms with Crippen LogP contribution in [0.5, 0.6) is 11.5 Å². The molecule has 4 aromatic carbocycles. The number of nitrogens with one attached hydrogen (secondary N) is 2. The SMILES string of the molecule is O=C(Nc1cccc(N2CCOCC2)c1)c1cc(Cl)ccc1NS(=O)(=O)c1ccc(Oc2ccccc2Cl)cc1. The molecule has 5 rings (SSSR count). The van der Waals surface area contributed by atoms with E-state index in [-0.39, 0.29) is 21.2 Å². The molecule has 1 amide bonds. The van der Waals surface area contributed by atoms with Gasteiger partial charge in [-0.25, -0.2) is 8.42 Å². The predicted molar refractivity (Wildman–Crippen MR) is 158 cm³/mol. The first-order valence-corrected chi connectivity index (χ1v) is 14.6. The number of carbonyl (C=O) groups is 1. The summed E-state index contributed by atoms with van der Waals surface area (Å²) in [5, 5.41) is 3.57. The molecular formula is C29H25Cl2N3O5S. The van der Waals surface area contributed by atoms with Crippen molar-refractivity contribution >= 4 is 56.2 Å². The van der Waals surface area contributed by atoms with Crippen molar-refractivity contribution in [1.29, 1.82) is 0 Å². The number of hydrogen-bond donors (Lipinski definition) is 2. The molecule has 1 saturated heterocycles. The summed E-state index contributed by atoms with van der Waals surface area (Å²) < 4.78 is 40.1. The van der Waals surface area contributed by atoms with E-state index in [2.05, 4.69) is 14.9 Å². The van der Waals surface area contributed by atoms with Gasteiger partial charge in [-0.3, -0.25) is 9.52 Å². The molecule has 1 fully saturated rings. The van der Waals surface area contributed by atoms with Crippen LogP contribution in [0.25, 0.3) is 0 Å². The molecule has 2 N–H and O–H groups in total. The van der Waals surface area contributed by atoms with Gasteiger partial charge in [0.15, 0.2) is 0 Å². The average Bonchev–Trinajstić information content (AvgIpc) is 2.96. The number of carbonyl (C=O) groups excluding carboxylic acids is 1. The molecule has 0 aliphatic carbocycles. The van der Waals surface area contributed by atoms with Gasteiger partial charge in [0, 0.05) is 29.5 Å². The smallest absolute Gasteiger partial charge is 0.261 e. The molecule has 11 heteroatoms. The van der Waals surface area contributed by atoms with Crippen LogP contribution in [-0.2, 0) is 14.8 Å². The molecule has 0 atom stereocenters. The van der Waals surface area contributed by atoms with Crippen molar-refractivity contribution in [2.24, 2.45) is 0 Å². The third-order valence-electron chi connectivity index (χ3n) is 6.15. The third-order valence-corrected chi connectivity index (χ3v) is 8.08. The highest BCUT2D eigenvalue weighted by Crippen LogP contribution is 2.30. The summed E-state index contributed by atoms with van der Waals surface area (Å²) in [6.45, 7) is 2.79. The lowest BCUT2D eigenvalue weighted by atomic mass is 10.1. The van der Waals surface area contributed by atoms with Gasteiger partial charge in [0.05, 0.1) is 34.4 Å². The molecular weight excluding hydrogens is 573 g/mol. The highest BCUT2D eigenvalue weighted by Gasteiger charge is 2.20. The first kappa shape index (κ1) is 27.8. The molecule has 0 spiro atoms. The number of sulfonamides is 1. The molecule has 8 nitrogen and oxygen atoms in total. The van der Waals surface area contributed by atoms with Crippen LogP contribution in [0.15, 0.2) is 95.9 Å². The minimum absolute atomic E-state index is 0.0153. The lowest BCUT2D eigenvalue weighted by Gasteiger charge is -2.29. The van der Waals surface area contributed by atoms with Gasteiger partial charge in [0.25, 0.3) is 15.9 Å². The van der Waals surface area contributed by atoms with Gasteiger partial charge >= 0.3 is 0 Å². The Morgan fingerprint density at radius 3 is 2.38 bits per heavy atom. The van der Waals surface area contributed by atoms with Gasteiger partial charge < -0.3 is 19.7 Å². The molecule has 1 aliphatic heterocycles. The van der Waals surface area contributed by atoms with Crippen molar-refractivity contribution < 1.29 is 22.7 Å². The minimum Gasteiger partial charge on any atom is -0.456 e. The van der Waals surface area contributed by atoms with Gasteiger partial charge in [-0.05, 0) is 72.8 Å². The number of ether oxygens (including phenoxy) is 2. The van der Waals surface area contributed by atoms with E-state index < -0.39 is 15.9 Å². The second kappa shape index (κ2) is 12.2. The largest absolute Gasteiger partial charge is 0.456 e. The fourth-order valence-electron chi connectivity index (χ4n) is 4.14. The topological polar surface area (TPSA) is 97.0 Å². The van der Waals surface area contributed by atoms with Crippen LogP contribution in [0.4, 0.5) is 17.1 Å². The summed E-state index contributed by atoms with van der Waals surface area (Å²) >= 11 is 12.3. The number of halogens is 2. The van der Waals surface area contributed by atoms with Gasteiger partial charge in [0.2, 0.25) is 0 Å². The first-order valence-electron chi connectivity index (χ1n) is 12.4. The highest BCUT2D eigenvalue weighted by atomic mass is 35.5. The van der Waals surface area contributed by atoms with E-state index in [9.17, 15) is 13.2 Å². The van der Waals surface area contributed by atoms with Crippen molar-refractivity contribution in [3.63, 3.8) is 0 Å². The number of rotatable bonds is 8. The molecule has 0 aromatic heterocycles. The normalized spacial score (nSPS) is 13.5. The molecule has 4 aromatic rings. The average molecular weight is 599 g/mol. The molecule has 206 valence electrons. The number of anilines is 3. The van der Waals surface area contributed by atoms with Crippen LogP contribution < -0.4 is 19.7 Å². The van der Waals surface area contributed by atoms with E-state index in [4.69, 9.17) is 32.7 Å². The Balaban J connectivity index is 1.33. The maximum atomic E-state index is 13.3. The van der Waals surface area contributed by atoms with E-state index in [1.165, 1.54) is 42.5 Å². The Labute approximate surface area is 242 Å². The quantitative estimate of drug-likeness (QED) is 0.235. The molecule has 0 unspecified atom stereocenters. The summed E-state index contributed by atoms with van der Waals surface area (Å²) in [5.74, 6) is 0.353. The van der Waals surface area contributed by atoms with E-state index in [0.717, 1.165) is 18.8 Å². The Kier molecular flexibility index (Phi) is 8.46. The molecule has 0 radical (unpaired) electrons. The van der Waals surface area contributed by atoms with E-state index in [0.29, 0.717) is 35.4 Å². The van der Waals surface area contributed by atoms with Gasteiger partial charge in [-0.2, -0.15) is 0 Å². The van der Waals surface area contributed by atoms with Gasteiger partial charge in [0.1, 0.15) is 11.5 Å². The Morgan fingerprint density at radius 2 is 1.62 bits per heavy atom. The van der Waals surface area contributed by atoms with Crippen LogP contribution in [0.1, 0.15) is 10.4 Å². The Hall–Kier alpha value is -3.76. The Morgan fingerprint density at radius 1 is 0.875 bits per heavy atom. The molecule has 0 saturated carbocycles. The zero-order valence-corrected chi connectivity index (χ0v) is 23.5. The van der Waals surface area contributed by atoms with E-state index in [1.807, 2.05) is 18.2 Å². The fraction of sp³-hybridized carbons (Fsp3) is 0.138. The number of benzene rings is 4. The summed E-state index contributed by atoms with van der Waals surface area (Å²) in [7, 11) is -4.05. The summed E-state index contributed by atoms with van der Waals surface area (Å²) in [5.41, 5.74) is 1.68. The maximum absolute atomic E-state index is 13.3. The van der Waals surface area contributed by atoms with Gasteiger partial charge in [-0.15, -0.1) is 0 Å². The number of hydrogen-bond acceptors (Lipinski definition) is 6. The van der Waals surface area contributed by atoms with Crippen LogP contribution >= 0.6 is 23.2 Å². The summed E-state index contributed by atoms with van der Waals surface area (Å²) in [4.78, 5) is 15.4. The van der Waals surface area contributed by atoms with E-state index >= 15 is 0 Å². The second-order valence-electron chi connectivity index (χ2n) is 8.90. The molecule has 0 bridgehead atoms. The molecule has 40 heavy (non-hydrogen) atoms. The zero-order valence-electron chi connectivity index (χ0n) is 21.1. The first-order chi connectivity index (χ1) is 19.3. The standard InChI is InChI=1S/C29H25Cl2N3O5S/c30-20-8-13-27(25(18-20)29(35)32-21-4-3-5-22(19-21)34-14-16-38-17-15-34)33-40(36,37)24-11-9-23(10-12-24)39-28-7-2-1-6-26(28)31/h1-13,18-19,33H,14-17H2,(H,32,35). The lowest BCUT2D eigenvalue weighted by molar-refractivity contribution is 0.102. The van der Waals surface area contributed by atoms with Crippen LogP contribution in [0.3, 0.4) is 0 Å². The molecule has 1 aliphatic rings. The minimum atomic E-state index is -4.05. The fourth-order valence-corrected chi connectivity index (χ4v) is 5.56. The van der Waals surface area contributed by atoms with Gasteiger partial charge in [-0.1, -0.05) is 41.4 Å². The Bertz CT molecular complexity index is 1630. The lowest BCUT2D eigenvalue weighted by Crippen LogP contribution is -2.36. The van der Waals surface area contributed by atoms with Crippen molar-refractivity contribution in [3.8, 4) is 11.5 Å². The predicted octanol–water partition coefficient (Wildman–Crippen LogP) is 6.68. The number of para-hydroxylation sites is 1. The van der Waals surface area contributed by atoms with Crippen molar-refractivity contribution in [2.75, 3.05) is 41.2 Å². The third kappa shape index (κ3) is 6.68. The van der Waals surface area contributed by atoms with Crippen LogP contribution in [0, 0.1) is 0 Å². The monoisotopic (exact) mass is 597 g/mol. The molecule has 1 heterocycles. The second-order valence-corrected chi connectivity index (χ2v) is 11.4. The number of nitrogens with zero attached hydrogens (tertiary/aromatic N) is 1. The number of morpholine rings is 1. The van der Waals surface area contributed by atoms with Crippen LogP contribution in [0.2, 0.25) is 10.0 Å². The zero-order chi connectivity index (χ0) is 28.1. The number of amides is 1. The summed E-state index contributed by atoms with van der Waals surface area (Å²) in [6.07, 6.45) is 0. The highest BCUT2D eigenvalue weighted by molar-refractivity contribution is 7.92. The van der Waals surface area contributed by atoms with E-state index in [1.54, 1.807) is 30.3 Å². The van der Waals surface area contributed by atoms with Crippen LogP contribution in [-0.4, -0.2) is 40.6 Å². The van der Waals surface area contributed by atoms with Crippen molar-refractivity contribution in [3.05, 3.63) is 107 Å². The van der Waals surface area contributed by atoms with Crippen molar-refractivity contribution in [2.45, 2.75) is 4.90 Å². The maximum Gasteiger partial charge on any atom is 0.261 e. The van der Waals surface area contributed by atoms with Crippen molar-refractivity contribution in [1.82, 2.24) is 0 Å². The summed E-state index contributed by atoms with van der Waals surface area (Å²) in [6, 6.07) is 24.6.